The molecule has 0 aliphatic rings. The Hall–Kier alpha value is -3.02. The van der Waals surface area contributed by atoms with Crippen LogP contribution in [0.5, 0.6) is 0 Å². The number of aromatic nitrogens is 1. The molecule has 2 aromatic rings. The van der Waals surface area contributed by atoms with Crippen molar-refractivity contribution in [1.29, 1.82) is 0 Å². The summed E-state index contributed by atoms with van der Waals surface area (Å²) in [5.41, 5.74) is 1.45. The molecule has 0 unspecified atom stereocenters. The highest BCUT2D eigenvalue weighted by Gasteiger charge is 2.14. The van der Waals surface area contributed by atoms with Gasteiger partial charge < -0.3 is 9.67 Å². The summed E-state index contributed by atoms with van der Waals surface area (Å²) in [6.07, 6.45) is 3.77. The number of aliphatic carboxylic acids is 1. The molecular weight excluding hydrogens is 301 g/mol. The summed E-state index contributed by atoms with van der Waals surface area (Å²) < 4.78 is 15.0. The van der Waals surface area contributed by atoms with Gasteiger partial charge in [0.15, 0.2) is 5.78 Å². The lowest BCUT2D eigenvalue weighted by Gasteiger charge is -2.06. The van der Waals surface area contributed by atoms with Crippen molar-refractivity contribution in [3.05, 3.63) is 65.7 Å². The SMILES string of the molecule is O=C(/C=C/c1cccn1Cc1cccc(F)c1)CC(=O)C(=O)O. The number of carboxylic acid groups (broad SMARTS) is 1. The second-order valence-corrected chi connectivity index (χ2v) is 4.90. The fourth-order valence-electron chi connectivity index (χ4n) is 2.03. The molecule has 0 spiro atoms. The van der Waals surface area contributed by atoms with E-state index in [1.807, 2.05) is 0 Å². The molecule has 118 valence electrons. The molecular formula is C17H14FNO4. The van der Waals surface area contributed by atoms with Gasteiger partial charge in [-0.15, -0.1) is 0 Å². The molecule has 6 heteroatoms. The molecule has 1 aromatic carbocycles. The van der Waals surface area contributed by atoms with Gasteiger partial charge in [0.2, 0.25) is 5.78 Å². The molecule has 0 saturated carbocycles. The van der Waals surface area contributed by atoms with Crippen molar-refractivity contribution < 1.29 is 23.9 Å². The second-order valence-electron chi connectivity index (χ2n) is 4.90. The third-order valence-electron chi connectivity index (χ3n) is 3.12. The smallest absolute Gasteiger partial charge is 0.372 e. The normalized spacial score (nSPS) is 10.8. The third-order valence-corrected chi connectivity index (χ3v) is 3.12. The van der Waals surface area contributed by atoms with Crippen LogP contribution in [0.1, 0.15) is 17.7 Å². The maximum Gasteiger partial charge on any atom is 0.372 e. The molecule has 0 aliphatic carbocycles. The molecule has 1 heterocycles. The highest BCUT2D eigenvalue weighted by Crippen LogP contribution is 2.11. The number of benzene rings is 1. The van der Waals surface area contributed by atoms with Crippen molar-refractivity contribution in [3.63, 3.8) is 0 Å². The molecule has 1 N–H and O–H groups in total. The van der Waals surface area contributed by atoms with Gasteiger partial charge in [-0.2, -0.15) is 0 Å². The molecule has 23 heavy (non-hydrogen) atoms. The van der Waals surface area contributed by atoms with E-state index in [-0.39, 0.29) is 5.82 Å². The quantitative estimate of drug-likeness (QED) is 0.483. The Labute approximate surface area is 131 Å². The first-order valence-electron chi connectivity index (χ1n) is 6.82. The standard InChI is InChI=1S/C17H14FNO4/c18-13-4-1-3-12(9-13)11-19-8-2-5-14(19)6-7-15(20)10-16(21)17(22)23/h1-9H,10-11H2,(H,22,23)/b7-6+. The molecule has 1 aromatic heterocycles. The van der Waals surface area contributed by atoms with E-state index in [0.717, 1.165) is 11.6 Å². The summed E-state index contributed by atoms with van der Waals surface area (Å²) >= 11 is 0. The molecule has 0 amide bonds. The van der Waals surface area contributed by atoms with Crippen LogP contribution in [0.2, 0.25) is 0 Å². The number of rotatable bonds is 7. The van der Waals surface area contributed by atoms with Gasteiger partial charge in [0.25, 0.3) is 0 Å². The molecule has 0 bridgehead atoms. The van der Waals surface area contributed by atoms with Gasteiger partial charge in [-0.1, -0.05) is 12.1 Å². The largest absolute Gasteiger partial charge is 0.475 e. The zero-order chi connectivity index (χ0) is 16.8. The molecule has 0 radical (unpaired) electrons. The number of halogens is 1. The first-order chi connectivity index (χ1) is 11.0. The van der Waals surface area contributed by atoms with E-state index < -0.39 is 24.0 Å². The van der Waals surface area contributed by atoms with Crippen molar-refractivity contribution in [1.82, 2.24) is 4.57 Å². The Kier molecular flexibility index (Phi) is 5.19. The van der Waals surface area contributed by atoms with Gasteiger partial charge in [0.1, 0.15) is 5.82 Å². The maximum atomic E-state index is 13.2. The van der Waals surface area contributed by atoms with Gasteiger partial charge in [-0.25, -0.2) is 9.18 Å². The predicted octanol–water partition coefficient (Wildman–Crippen LogP) is 2.30. The topological polar surface area (TPSA) is 76.4 Å². The number of hydrogen-bond acceptors (Lipinski definition) is 3. The Balaban J connectivity index is 2.06. The summed E-state index contributed by atoms with van der Waals surface area (Å²) in [7, 11) is 0. The van der Waals surface area contributed by atoms with Gasteiger partial charge >= 0.3 is 5.97 Å². The minimum absolute atomic E-state index is 0.325. The zero-order valence-electron chi connectivity index (χ0n) is 12.1. The lowest BCUT2D eigenvalue weighted by molar-refractivity contribution is -0.149. The molecule has 0 saturated heterocycles. The van der Waals surface area contributed by atoms with Gasteiger partial charge in [0, 0.05) is 18.4 Å². The van der Waals surface area contributed by atoms with E-state index >= 15 is 0 Å². The van der Waals surface area contributed by atoms with Crippen LogP contribution in [-0.4, -0.2) is 27.2 Å². The van der Waals surface area contributed by atoms with E-state index in [4.69, 9.17) is 5.11 Å². The van der Waals surface area contributed by atoms with Gasteiger partial charge in [0.05, 0.1) is 6.42 Å². The molecule has 0 aliphatic heterocycles. The minimum atomic E-state index is -1.62. The van der Waals surface area contributed by atoms with E-state index in [1.165, 1.54) is 18.2 Å². The first kappa shape index (κ1) is 16.4. The Morgan fingerprint density at radius 1 is 1.17 bits per heavy atom. The lowest BCUT2D eigenvalue weighted by atomic mass is 10.2. The summed E-state index contributed by atoms with van der Waals surface area (Å²) in [5.74, 6) is -3.68. The van der Waals surface area contributed by atoms with Crippen molar-refractivity contribution in [2.24, 2.45) is 0 Å². The van der Waals surface area contributed by atoms with Crippen molar-refractivity contribution in [2.75, 3.05) is 0 Å². The van der Waals surface area contributed by atoms with E-state index in [1.54, 1.807) is 35.0 Å². The average molecular weight is 315 g/mol. The van der Waals surface area contributed by atoms with Crippen LogP contribution in [0.4, 0.5) is 4.39 Å². The number of hydrogen-bond donors (Lipinski definition) is 1. The van der Waals surface area contributed by atoms with Crippen molar-refractivity contribution >= 4 is 23.6 Å². The Bertz CT molecular complexity index is 776. The Morgan fingerprint density at radius 3 is 2.65 bits per heavy atom. The van der Waals surface area contributed by atoms with Crippen LogP contribution < -0.4 is 0 Å². The van der Waals surface area contributed by atoms with Crippen LogP contribution in [0.15, 0.2) is 48.7 Å². The molecule has 0 fully saturated rings. The molecule has 5 nitrogen and oxygen atoms in total. The highest BCUT2D eigenvalue weighted by molar-refractivity contribution is 6.37. The summed E-state index contributed by atoms with van der Waals surface area (Å²) in [4.78, 5) is 32.9. The first-order valence-corrected chi connectivity index (χ1v) is 6.82. The lowest BCUT2D eigenvalue weighted by Crippen LogP contribution is -2.15. The number of allylic oxidation sites excluding steroid dienone is 1. The van der Waals surface area contributed by atoms with Crippen LogP contribution in [0.3, 0.4) is 0 Å². The number of ketones is 2. The molecule has 2 rings (SSSR count). The molecule has 0 atom stereocenters. The summed E-state index contributed by atoms with van der Waals surface area (Å²) in [6, 6.07) is 9.70. The van der Waals surface area contributed by atoms with Crippen LogP contribution in [-0.2, 0) is 20.9 Å². The van der Waals surface area contributed by atoms with Gasteiger partial charge in [-0.3, -0.25) is 9.59 Å². The maximum absolute atomic E-state index is 13.2. The Morgan fingerprint density at radius 2 is 1.96 bits per heavy atom. The van der Waals surface area contributed by atoms with E-state index in [2.05, 4.69) is 0 Å². The second kappa shape index (κ2) is 7.31. The van der Waals surface area contributed by atoms with E-state index in [0.29, 0.717) is 12.2 Å². The minimum Gasteiger partial charge on any atom is -0.475 e. The zero-order valence-corrected chi connectivity index (χ0v) is 12.1. The van der Waals surface area contributed by atoms with E-state index in [9.17, 15) is 18.8 Å². The predicted molar refractivity (Wildman–Crippen MR) is 81.2 cm³/mol. The number of carbonyl (C=O) groups excluding carboxylic acids is 2. The fraction of sp³-hybridized carbons (Fsp3) is 0.118. The summed E-state index contributed by atoms with van der Waals surface area (Å²) in [5, 5.41) is 8.45. The fourth-order valence-corrected chi connectivity index (χ4v) is 2.03. The van der Waals surface area contributed by atoms with Crippen molar-refractivity contribution in [2.45, 2.75) is 13.0 Å². The number of carbonyl (C=O) groups is 3. The highest BCUT2D eigenvalue weighted by atomic mass is 19.1. The average Bonchev–Trinajstić information content (AvgIpc) is 2.92. The van der Waals surface area contributed by atoms with Gasteiger partial charge in [-0.05, 0) is 42.0 Å². The number of Topliss-reactive ketones (excluding diaryl/α,β-unsaturated/α-hetero) is 1. The third kappa shape index (κ3) is 4.74. The van der Waals surface area contributed by atoms with Crippen molar-refractivity contribution in [3.8, 4) is 0 Å². The summed E-state index contributed by atoms with van der Waals surface area (Å²) in [6.45, 7) is 0.423. The van der Waals surface area contributed by atoms with Crippen LogP contribution in [0.25, 0.3) is 6.08 Å². The number of nitrogens with zero attached hydrogens (tertiary/aromatic N) is 1. The monoisotopic (exact) mass is 315 g/mol. The number of carboxylic acids is 1. The van der Waals surface area contributed by atoms with Crippen LogP contribution >= 0.6 is 0 Å². The van der Waals surface area contributed by atoms with Crippen LogP contribution in [0, 0.1) is 5.82 Å².